The van der Waals surface area contributed by atoms with Gasteiger partial charge in [-0.2, -0.15) is 0 Å². The number of hydrogen-bond acceptors (Lipinski definition) is 3. The largest absolute Gasteiger partial charge is 0.463 e. The van der Waals surface area contributed by atoms with E-state index in [1.807, 2.05) is 0 Å². The molecule has 0 aromatic carbocycles. The van der Waals surface area contributed by atoms with Crippen molar-refractivity contribution in [3.8, 4) is 0 Å². The summed E-state index contributed by atoms with van der Waals surface area (Å²) in [5.74, 6) is -1.36. The Hall–Kier alpha value is -1.32. The van der Waals surface area contributed by atoms with Gasteiger partial charge in [-0.15, -0.1) is 13.2 Å². The van der Waals surface area contributed by atoms with E-state index in [9.17, 15) is 4.79 Å². The Kier molecular flexibility index (Phi) is 7.88. The van der Waals surface area contributed by atoms with E-state index in [4.69, 9.17) is 5.41 Å². The lowest BCUT2D eigenvalue weighted by Gasteiger charge is -1.89. The van der Waals surface area contributed by atoms with Crippen molar-refractivity contribution in [1.82, 2.24) is 0 Å². The first-order chi connectivity index (χ1) is 4.18. The van der Waals surface area contributed by atoms with Crippen molar-refractivity contribution in [2.75, 3.05) is 7.11 Å². The molecule has 0 saturated heterocycles. The van der Waals surface area contributed by atoms with Crippen LogP contribution in [0.5, 0.6) is 0 Å². The highest BCUT2D eigenvalue weighted by atomic mass is 16.5. The SMILES string of the molecule is C=C.COC(=O)C(=N)N. The van der Waals surface area contributed by atoms with Crippen molar-refractivity contribution < 1.29 is 9.53 Å². The van der Waals surface area contributed by atoms with Gasteiger partial charge in [0.15, 0.2) is 0 Å². The van der Waals surface area contributed by atoms with Gasteiger partial charge in [0.25, 0.3) is 0 Å². The number of carbonyl (C=O) groups is 1. The van der Waals surface area contributed by atoms with Crippen molar-refractivity contribution in [3.05, 3.63) is 13.2 Å². The van der Waals surface area contributed by atoms with Crippen molar-refractivity contribution in [3.63, 3.8) is 0 Å². The molecule has 0 rings (SSSR count). The van der Waals surface area contributed by atoms with Crippen LogP contribution in [0.1, 0.15) is 0 Å². The zero-order valence-electron chi connectivity index (χ0n) is 5.31. The van der Waals surface area contributed by atoms with Gasteiger partial charge in [0.1, 0.15) is 0 Å². The van der Waals surface area contributed by atoms with E-state index < -0.39 is 11.8 Å². The fourth-order valence-corrected chi connectivity index (χ4v) is 0.110. The van der Waals surface area contributed by atoms with Crippen LogP contribution < -0.4 is 5.73 Å². The molecule has 0 aromatic heterocycles. The summed E-state index contributed by atoms with van der Waals surface area (Å²) in [6, 6.07) is 0. The van der Waals surface area contributed by atoms with Gasteiger partial charge in [-0.05, 0) is 0 Å². The first kappa shape index (κ1) is 10.6. The normalized spacial score (nSPS) is 6.33. The van der Waals surface area contributed by atoms with Crippen molar-refractivity contribution >= 4 is 11.8 Å². The quantitative estimate of drug-likeness (QED) is 0.208. The second-order valence-electron chi connectivity index (χ2n) is 0.905. The summed E-state index contributed by atoms with van der Waals surface area (Å²) >= 11 is 0. The van der Waals surface area contributed by atoms with Crippen molar-refractivity contribution in [2.24, 2.45) is 5.73 Å². The van der Waals surface area contributed by atoms with Gasteiger partial charge in [-0.1, -0.05) is 0 Å². The molecule has 0 aliphatic heterocycles. The third-order valence-corrected chi connectivity index (χ3v) is 0.405. The molecule has 0 heterocycles. The first-order valence-corrected chi connectivity index (χ1v) is 2.11. The standard InChI is InChI=1S/C3H6N2O2.C2H4/c1-7-3(6)2(4)5;1-2/h1H3,(H3,4,5);1-2H2. The minimum Gasteiger partial charge on any atom is -0.463 e. The number of ether oxygens (including phenoxy) is 1. The van der Waals surface area contributed by atoms with Gasteiger partial charge >= 0.3 is 5.97 Å². The maximum absolute atomic E-state index is 9.94. The van der Waals surface area contributed by atoms with Crippen LogP contribution in [0.15, 0.2) is 13.2 Å². The Morgan fingerprint density at radius 1 is 1.67 bits per heavy atom. The molecule has 9 heavy (non-hydrogen) atoms. The lowest BCUT2D eigenvalue weighted by Crippen LogP contribution is -2.23. The topological polar surface area (TPSA) is 76.2 Å². The number of rotatable bonds is 0. The maximum atomic E-state index is 9.94. The average molecular weight is 130 g/mol. The minimum atomic E-state index is -0.792. The third-order valence-electron chi connectivity index (χ3n) is 0.405. The van der Waals surface area contributed by atoms with Gasteiger partial charge in [-0.25, -0.2) is 4.79 Å². The van der Waals surface area contributed by atoms with Gasteiger partial charge in [0, 0.05) is 0 Å². The second kappa shape index (κ2) is 6.68. The summed E-state index contributed by atoms with van der Waals surface area (Å²) in [5.41, 5.74) is 4.66. The Labute approximate surface area is 53.8 Å². The van der Waals surface area contributed by atoms with Crippen LogP contribution in [0.25, 0.3) is 0 Å². The highest BCUT2D eigenvalue weighted by Gasteiger charge is 1.99. The van der Waals surface area contributed by atoms with Gasteiger partial charge in [-0.3, -0.25) is 5.41 Å². The summed E-state index contributed by atoms with van der Waals surface area (Å²) < 4.78 is 4.02. The number of esters is 1. The van der Waals surface area contributed by atoms with E-state index in [0.717, 1.165) is 0 Å². The maximum Gasteiger partial charge on any atom is 0.372 e. The molecule has 4 nitrogen and oxygen atoms in total. The molecule has 0 bridgehead atoms. The molecule has 0 atom stereocenters. The minimum absolute atomic E-state index is 0.567. The van der Waals surface area contributed by atoms with Crippen LogP contribution >= 0.6 is 0 Å². The lowest BCUT2D eigenvalue weighted by atomic mass is 10.6. The average Bonchev–Trinajstić information content (AvgIpc) is 1.91. The Balaban J connectivity index is 0. The molecule has 0 aliphatic carbocycles. The number of carbonyl (C=O) groups excluding carboxylic acids is 1. The molecule has 0 aliphatic rings. The molecule has 0 amide bonds. The third kappa shape index (κ3) is 6.68. The monoisotopic (exact) mass is 130 g/mol. The zero-order chi connectivity index (χ0) is 7.86. The fraction of sp³-hybridized carbons (Fsp3) is 0.200. The highest BCUT2D eigenvalue weighted by Crippen LogP contribution is 1.66. The van der Waals surface area contributed by atoms with Crippen molar-refractivity contribution in [2.45, 2.75) is 0 Å². The van der Waals surface area contributed by atoms with E-state index in [1.54, 1.807) is 0 Å². The van der Waals surface area contributed by atoms with Crippen molar-refractivity contribution in [1.29, 1.82) is 5.41 Å². The molecule has 0 unspecified atom stereocenters. The summed E-state index contributed by atoms with van der Waals surface area (Å²) in [4.78, 5) is 9.94. The number of nitrogens with two attached hydrogens (primary N) is 1. The van der Waals surface area contributed by atoms with Crippen LogP contribution in [-0.2, 0) is 9.53 Å². The second-order valence-corrected chi connectivity index (χ2v) is 0.905. The smallest absolute Gasteiger partial charge is 0.372 e. The zero-order valence-corrected chi connectivity index (χ0v) is 5.31. The molecule has 0 fully saturated rings. The van der Waals surface area contributed by atoms with Crippen LogP contribution in [0.4, 0.5) is 0 Å². The van der Waals surface area contributed by atoms with Crippen LogP contribution in [0, 0.1) is 5.41 Å². The van der Waals surface area contributed by atoms with E-state index >= 15 is 0 Å². The number of methoxy groups -OCH3 is 1. The van der Waals surface area contributed by atoms with Crippen LogP contribution in [0.3, 0.4) is 0 Å². The molecular formula is C5H10N2O2. The highest BCUT2D eigenvalue weighted by molar-refractivity contribution is 6.33. The summed E-state index contributed by atoms with van der Waals surface area (Å²) in [5, 5.41) is 6.40. The predicted molar refractivity (Wildman–Crippen MR) is 35.2 cm³/mol. The summed E-state index contributed by atoms with van der Waals surface area (Å²) in [7, 11) is 1.17. The van der Waals surface area contributed by atoms with Crippen LogP contribution in [-0.4, -0.2) is 18.9 Å². The molecule has 52 valence electrons. The molecule has 0 radical (unpaired) electrons. The first-order valence-electron chi connectivity index (χ1n) is 2.11. The van der Waals surface area contributed by atoms with Gasteiger partial charge < -0.3 is 10.5 Å². The predicted octanol–water partition coefficient (Wildman–Crippen LogP) is -0.102. The molecular weight excluding hydrogens is 120 g/mol. The van der Waals surface area contributed by atoms with E-state index in [-0.39, 0.29) is 0 Å². The number of amidine groups is 1. The van der Waals surface area contributed by atoms with E-state index in [1.165, 1.54) is 7.11 Å². The molecule has 4 heteroatoms. The molecule has 0 saturated carbocycles. The van der Waals surface area contributed by atoms with Crippen LogP contribution in [0.2, 0.25) is 0 Å². The van der Waals surface area contributed by atoms with Gasteiger partial charge in [0.05, 0.1) is 7.11 Å². The summed E-state index contributed by atoms with van der Waals surface area (Å²) in [6.45, 7) is 6.00. The Bertz CT molecular complexity index is 112. The van der Waals surface area contributed by atoms with Gasteiger partial charge in [0.2, 0.25) is 5.84 Å². The summed E-state index contributed by atoms with van der Waals surface area (Å²) in [6.07, 6.45) is 0. The molecule has 3 N–H and O–H groups in total. The van der Waals surface area contributed by atoms with E-state index in [0.29, 0.717) is 0 Å². The Morgan fingerprint density at radius 3 is 2.00 bits per heavy atom. The Morgan fingerprint density at radius 2 is 2.00 bits per heavy atom. The molecule has 0 spiro atoms. The van der Waals surface area contributed by atoms with E-state index in [2.05, 4.69) is 23.6 Å². The fourth-order valence-electron chi connectivity index (χ4n) is 0.110. The lowest BCUT2D eigenvalue weighted by molar-refractivity contribution is -0.132. The molecule has 0 aromatic rings. The number of nitrogens with one attached hydrogen (secondary N) is 1. The number of hydrogen-bond donors (Lipinski definition) is 2.